The molecular formula is C12H12N2O2S. The topological polar surface area (TPSA) is 75.4 Å². The number of benzene rings is 1. The second-order valence-corrected chi connectivity index (χ2v) is 4.59. The number of nitrogens with two attached hydrogens (primary N) is 1. The quantitative estimate of drug-likeness (QED) is 0.574. The maximum absolute atomic E-state index is 11.2. The molecule has 0 spiro atoms. The van der Waals surface area contributed by atoms with Gasteiger partial charge < -0.3 is 5.73 Å². The van der Waals surface area contributed by atoms with Crippen LogP contribution in [0.4, 0.5) is 0 Å². The van der Waals surface area contributed by atoms with Gasteiger partial charge in [-0.1, -0.05) is 24.3 Å². The van der Waals surface area contributed by atoms with Crippen LogP contribution < -0.4 is 11.2 Å². The van der Waals surface area contributed by atoms with Crippen molar-refractivity contribution in [1.82, 2.24) is 5.48 Å². The summed E-state index contributed by atoms with van der Waals surface area (Å²) in [6.07, 6.45) is 0. The SMILES string of the molecule is NCc1ccc(-c2ccc(C(=O)NO)s2)cc1. The van der Waals surface area contributed by atoms with Crippen molar-refractivity contribution < 1.29 is 10.0 Å². The minimum absolute atomic E-state index is 0.477. The van der Waals surface area contributed by atoms with Gasteiger partial charge in [0.25, 0.3) is 5.91 Å². The molecule has 0 aliphatic heterocycles. The minimum Gasteiger partial charge on any atom is -0.326 e. The van der Waals surface area contributed by atoms with Crippen LogP contribution in [0.15, 0.2) is 36.4 Å². The van der Waals surface area contributed by atoms with Crippen LogP contribution in [0.5, 0.6) is 0 Å². The second kappa shape index (κ2) is 5.09. The van der Waals surface area contributed by atoms with Gasteiger partial charge in [-0.05, 0) is 23.3 Å². The van der Waals surface area contributed by atoms with Crippen molar-refractivity contribution in [2.75, 3.05) is 0 Å². The van der Waals surface area contributed by atoms with Crippen molar-refractivity contribution in [1.29, 1.82) is 0 Å². The fourth-order valence-corrected chi connectivity index (χ4v) is 2.38. The summed E-state index contributed by atoms with van der Waals surface area (Å²) >= 11 is 1.33. The summed E-state index contributed by atoms with van der Waals surface area (Å²) in [6.45, 7) is 0.517. The smallest absolute Gasteiger partial charge is 0.284 e. The van der Waals surface area contributed by atoms with Gasteiger partial charge in [-0.15, -0.1) is 11.3 Å². The highest BCUT2D eigenvalue weighted by Gasteiger charge is 2.08. The number of carbonyl (C=O) groups excluding carboxylic acids is 1. The van der Waals surface area contributed by atoms with Gasteiger partial charge in [0.15, 0.2) is 0 Å². The Morgan fingerprint density at radius 1 is 1.24 bits per heavy atom. The highest BCUT2D eigenvalue weighted by atomic mass is 32.1. The van der Waals surface area contributed by atoms with Gasteiger partial charge in [0.05, 0.1) is 4.88 Å². The van der Waals surface area contributed by atoms with Gasteiger partial charge in [0.2, 0.25) is 0 Å². The van der Waals surface area contributed by atoms with Gasteiger partial charge in [0, 0.05) is 11.4 Å². The lowest BCUT2D eigenvalue weighted by Gasteiger charge is -1.99. The summed E-state index contributed by atoms with van der Waals surface area (Å²) in [5.74, 6) is -0.486. The molecule has 5 heteroatoms. The Morgan fingerprint density at radius 2 is 1.94 bits per heavy atom. The number of hydroxylamine groups is 1. The van der Waals surface area contributed by atoms with Gasteiger partial charge in [0.1, 0.15) is 0 Å². The molecule has 4 N–H and O–H groups in total. The number of thiophene rings is 1. The molecule has 1 amide bonds. The van der Waals surface area contributed by atoms with Crippen LogP contribution in [-0.2, 0) is 6.54 Å². The first-order chi connectivity index (χ1) is 8.24. The van der Waals surface area contributed by atoms with E-state index >= 15 is 0 Å². The fourth-order valence-electron chi connectivity index (χ4n) is 1.48. The average Bonchev–Trinajstić information content (AvgIpc) is 2.87. The van der Waals surface area contributed by atoms with E-state index in [-0.39, 0.29) is 0 Å². The lowest BCUT2D eigenvalue weighted by Crippen LogP contribution is -2.16. The molecule has 0 atom stereocenters. The van der Waals surface area contributed by atoms with Crippen LogP contribution >= 0.6 is 11.3 Å². The Kier molecular flexibility index (Phi) is 3.53. The van der Waals surface area contributed by atoms with E-state index in [1.54, 1.807) is 11.5 Å². The molecule has 0 aliphatic rings. The van der Waals surface area contributed by atoms with Crippen LogP contribution in [0.2, 0.25) is 0 Å². The highest BCUT2D eigenvalue weighted by Crippen LogP contribution is 2.28. The summed E-state index contributed by atoms with van der Waals surface area (Å²) in [5, 5.41) is 8.53. The van der Waals surface area contributed by atoms with E-state index < -0.39 is 5.91 Å². The van der Waals surface area contributed by atoms with E-state index in [0.29, 0.717) is 11.4 Å². The van der Waals surface area contributed by atoms with Crippen LogP contribution in [0.3, 0.4) is 0 Å². The third-order valence-corrected chi connectivity index (χ3v) is 3.54. The Balaban J connectivity index is 2.27. The van der Waals surface area contributed by atoms with E-state index in [9.17, 15) is 4.79 Å². The number of hydrogen-bond donors (Lipinski definition) is 3. The van der Waals surface area contributed by atoms with Crippen molar-refractivity contribution in [3.63, 3.8) is 0 Å². The Bertz CT molecular complexity index is 520. The number of nitrogens with one attached hydrogen (secondary N) is 1. The van der Waals surface area contributed by atoms with Crippen molar-refractivity contribution in [3.05, 3.63) is 46.8 Å². The summed E-state index contributed by atoms with van der Waals surface area (Å²) in [6, 6.07) is 11.4. The van der Waals surface area contributed by atoms with Crippen LogP contribution in [0, 0.1) is 0 Å². The molecule has 0 bridgehead atoms. The Morgan fingerprint density at radius 3 is 2.53 bits per heavy atom. The molecular weight excluding hydrogens is 236 g/mol. The second-order valence-electron chi connectivity index (χ2n) is 3.51. The first-order valence-electron chi connectivity index (χ1n) is 5.08. The summed E-state index contributed by atoms with van der Waals surface area (Å²) in [7, 11) is 0. The largest absolute Gasteiger partial charge is 0.326 e. The predicted molar refractivity (Wildman–Crippen MR) is 66.9 cm³/mol. The number of carbonyl (C=O) groups is 1. The third-order valence-electron chi connectivity index (χ3n) is 2.41. The van der Waals surface area contributed by atoms with Gasteiger partial charge in [-0.3, -0.25) is 10.0 Å². The standard InChI is InChI=1S/C12H12N2O2S/c13-7-8-1-3-9(4-2-8)10-5-6-11(17-10)12(15)14-16/h1-6,16H,7,13H2,(H,14,15). The van der Waals surface area contributed by atoms with Crippen molar-refractivity contribution in [2.45, 2.75) is 6.54 Å². The average molecular weight is 248 g/mol. The number of rotatable bonds is 3. The van der Waals surface area contributed by atoms with Gasteiger partial charge in [-0.25, -0.2) is 5.48 Å². The molecule has 2 aromatic rings. The maximum Gasteiger partial charge on any atom is 0.284 e. The highest BCUT2D eigenvalue weighted by molar-refractivity contribution is 7.17. The lowest BCUT2D eigenvalue weighted by atomic mass is 10.1. The summed E-state index contributed by atoms with van der Waals surface area (Å²) in [5.41, 5.74) is 9.24. The first kappa shape index (κ1) is 11.8. The molecule has 17 heavy (non-hydrogen) atoms. The molecule has 1 heterocycles. The number of amides is 1. The zero-order valence-corrected chi connectivity index (χ0v) is 9.83. The summed E-state index contributed by atoms with van der Waals surface area (Å²) < 4.78 is 0. The minimum atomic E-state index is -0.486. The molecule has 0 saturated carbocycles. The molecule has 0 unspecified atom stereocenters. The van der Waals surface area contributed by atoms with Gasteiger partial charge in [-0.2, -0.15) is 0 Å². The van der Waals surface area contributed by atoms with E-state index in [1.165, 1.54) is 11.3 Å². The number of hydrogen-bond acceptors (Lipinski definition) is 4. The molecule has 0 aliphatic carbocycles. The molecule has 4 nitrogen and oxygen atoms in total. The fraction of sp³-hybridized carbons (Fsp3) is 0.0833. The maximum atomic E-state index is 11.2. The molecule has 1 aromatic heterocycles. The van der Waals surface area contributed by atoms with Crippen LogP contribution in [0.25, 0.3) is 10.4 Å². The Hall–Kier alpha value is -1.69. The predicted octanol–water partition coefficient (Wildman–Crippen LogP) is 1.99. The van der Waals surface area contributed by atoms with Crippen molar-refractivity contribution in [2.24, 2.45) is 5.73 Å². The summed E-state index contributed by atoms with van der Waals surface area (Å²) in [4.78, 5) is 12.6. The van der Waals surface area contributed by atoms with Crippen molar-refractivity contribution >= 4 is 17.2 Å². The van der Waals surface area contributed by atoms with E-state index in [1.807, 2.05) is 30.3 Å². The lowest BCUT2D eigenvalue weighted by molar-refractivity contribution is 0.0711. The van der Waals surface area contributed by atoms with E-state index in [0.717, 1.165) is 16.0 Å². The molecule has 0 saturated heterocycles. The van der Waals surface area contributed by atoms with E-state index in [4.69, 9.17) is 10.9 Å². The first-order valence-corrected chi connectivity index (χ1v) is 5.90. The molecule has 0 radical (unpaired) electrons. The van der Waals surface area contributed by atoms with Gasteiger partial charge >= 0.3 is 0 Å². The Labute approximate surface area is 103 Å². The molecule has 2 rings (SSSR count). The molecule has 0 fully saturated rings. The van der Waals surface area contributed by atoms with E-state index in [2.05, 4.69) is 0 Å². The van der Waals surface area contributed by atoms with Crippen LogP contribution in [0.1, 0.15) is 15.2 Å². The zero-order chi connectivity index (χ0) is 12.3. The molecule has 1 aromatic carbocycles. The normalized spacial score (nSPS) is 10.2. The third kappa shape index (κ3) is 2.52. The monoisotopic (exact) mass is 248 g/mol. The zero-order valence-electron chi connectivity index (χ0n) is 9.01. The van der Waals surface area contributed by atoms with Crippen molar-refractivity contribution in [3.8, 4) is 10.4 Å². The van der Waals surface area contributed by atoms with Crippen LogP contribution in [-0.4, -0.2) is 11.1 Å². The molecule has 88 valence electrons.